The molecule has 0 fully saturated rings. The summed E-state index contributed by atoms with van der Waals surface area (Å²) in [7, 11) is 0. The molecule has 23 heavy (non-hydrogen) atoms. The van der Waals surface area contributed by atoms with Gasteiger partial charge in [-0.15, -0.1) is 0 Å². The number of aromatic nitrogens is 2. The van der Waals surface area contributed by atoms with Crippen molar-refractivity contribution in [3.8, 4) is 17.1 Å². The van der Waals surface area contributed by atoms with Crippen LogP contribution in [-0.2, 0) is 0 Å². The van der Waals surface area contributed by atoms with Crippen LogP contribution < -0.4 is 11.5 Å². The summed E-state index contributed by atoms with van der Waals surface area (Å²) >= 11 is 0. The zero-order chi connectivity index (χ0) is 15.8. The number of hydrogen-bond donors (Lipinski definition) is 2. The van der Waals surface area contributed by atoms with Crippen LogP contribution in [0, 0.1) is 0 Å². The highest BCUT2D eigenvalue weighted by molar-refractivity contribution is 5.85. The van der Waals surface area contributed by atoms with Crippen LogP contribution in [-0.4, -0.2) is 9.55 Å². The molecule has 4 N–H and O–H groups in total. The first-order valence-electron chi connectivity index (χ1n) is 7.42. The number of benzene rings is 3. The Bertz CT molecular complexity index is 970. The third kappa shape index (κ3) is 2.30. The molecule has 0 radical (unpaired) electrons. The van der Waals surface area contributed by atoms with Crippen LogP contribution in [0.15, 0.2) is 72.8 Å². The molecule has 0 amide bonds. The van der Waals surface area contributed by atoms with Crippen LogP contribution in [0.2, 0.25) is 0 Å². The molecule has 0 saturated carbocycles. The maximum atomic E-state index is 5.91. The van der Waals surface area contributed by atoms with Gasteiger partial charge in [0.15, 0.2) is 0 Å². The van der Waals surface area contributed by atoms with E-state index in [0.29, 0.717) is 5.69 Å². The second-order valence-corrected chi connectivity index (χ2v) is 5.48. The van der Waals surface area contributed by atoms with Gasteiger partial charge in [0.2, 0.25) is 0 Å². The summed E-state index contributed by atoms with van der Waals surface area (Å²) < 4.78 is 2.14. The fraction of sp³-hybridized carbons (Fsp3) is 0. The molecule has 0 bridgehead atoms. The van der Waals surface area contributed by atoms with Gasteiger partial charge in [-0.1, -0.05) is 18.2 Å². The molecule has 0 aliphatic rings. The zero-order valence-electron chi connectivity index (χ0n) is 12.5. The lowest BCUT2D eigenvalue weighted by Crippen LogP contribution is -1.97. The van der Waals surface area contributed by atoms with Crippen molar-refractivity contribution >= 4 is 22.4 Å². The standard InChI is InChI=1S/C19H16N4/c20-14-8-6-13(7-9-14)19-22-17-12-15(21)10-11-18(17)23(19)16-4-2-1-3-5-16/h1-12H,20-21H2. The van der Waals surface area contributed by atoms with Crippen molar-refractivity contribution < 1.29 is 0 Å². The molecule has 0 unspecified atom stereocenters. The topological polar surface area (TPSA) is 69.9 Å². The van der Waals surface area contributed by atoms with Gasteiger partial charge in [0.05, 0.1) is 11.0 Å². The smallest absolute Gasteiger partial charge is 0.145 e. The Hall–Kier alpha value is -3.27. The molecule has 0 aliphatic carbocycles. The van der Waals surface area contributed by atoms with E-state index in [1.807, 2.05) is 60.7 Å². The number of nitrogens with zero attached hydrogens (tertiary/aromatic N) is 2. The van der Waals surface area contributed by atoms with Gasteiger partial charge in [-0.3, -0.25) is 4.57 Å². The second kappa shape index (κ2) is 5.18. The average Bonchev–Trinajstić information content (AvgIpc) is 2.94. The summed E-state index contributed by atoms with van der Waals surface area (Å²) in [6.07, 6.45) is 0. The highest BCUT2D eigenvalue weighted by Crippen LogP contribution is 2.29. The van der Waals surface area contributed by atoms with E-state index in [0.717, 1.165) is 33.8 Å². The molecule has 4 aromatic rings. The maximum absolute atomic E-state index is 5.91. The van der Waals surface area contributed by atoms with E-state index >= 15 is 0 Å². The van der Waals surface area contributed by atoms with Crippen LogP contribution in [0.3, 0.4) is 0 Å². The number of rotatable bonds is 2. The summed E-state index contributed by atoms with van der Waals surface area (Å²) in [5, 5.41) is 0. The van der Waals surface area contributed by atoms with Gasteiger partial charge >= 0.3 is 0 Å². The molecule has 0 aliphatic heterocycles. The fourth-order valence-electron chi connectivity index (χ4n) is 2.76. The Morgan fingerprint density at radius 1 is 0.739 bits per heavy atom. The normalized spacial score (nSPS) is 11.0. The Morgan fingerprint density at radius 2 is 1.43 bits per heavy atom. The van der Waals surface area contributed by atoms with Gasteiger partial charge in [-0.2, -0.15) is 0 Å². The van der Waals surface area contributed by atoms with Gasteiger partial charge < -0.3 is 11.5 Å². The van der Waals surface area contributed by atoms with Crippen LogP contribution in [0.4, 0.5) is 11.4 Å². The van der Waals surface area contributed by atoms with Crippen LogP contribution >= 0.6 is 0 Å². The average molecular weight is 300 g/mol. The molecule has 0 spiro atoms. The summed E-state index contributed by atoms with van der Waals surface area (Å²) in [5.74, 6) is 0.872. The van der Waals surface area contributed by atoms with Crippen molar-refractivity contribution in [1.29, 1.82) is 0 Å². The number of imidazole rings is 1. The number of para-hydroxylation sites is 1. The Balaban J connectivity index is 2.04. The van der Waals surface area contributed by atoms with Crippen LogP contribution in [0.1, 0.15) is 0 Å². The number of hydrogen-bond acceptors (Lipinski definition) is 3. The lowest BCUT2D eigenvalue weighted by molar-refractivity contribution is 1.10. The predicted octanol–water partition coefficient (Wildman–Crippen LogP) is 3.86. The summed E-state index contributed by atoms with van der Waals surface area (Å²) in [4.78, 5) is 4.79. The van der Waals surface area contributed by atoms with Crippen molar-refractivity contribution in [2.45, 2.75) is 0 Å². The minimum absolute atomic E-state index is 0.707. The van der Waals surface area contributed by atoms with Gasteiger partial charge in [0.25, 0.3) is 0 Å². The second-order valence-electron chi connectivity index (χ2n) is 5.48. The molecule has 3 aromatic carbocycles. The Morgan fingerprint density at radius 3 is 2.17 bits per heavy atom. The minimum Gasteiger partial charge on any atom is -0.399 e. The van der Waals surface area contributed by atoms with Gasteiger partial charge in [-0.25, -0.2) is 4.98 Å². The first-order chi connectivity index (χ1) is 11.2. The molecule has 0 saturated heterocycles. The van der Waals surface area contributed by atoms with E-state index in [-0.39, 0.29) is 0 Å². The quantitative estimate of drug-likeness (QED) is 0.552. The van der Waals surface area contributed by atoms with E-state index < -0.39 is 0 Å². The third-order valence-electron chi connectivity index (χ3n) is 3.86. The lowest BCUT2D eigenvalue weighted by Gasteiger charge is -2.09. The number of nitrogen functional groups attached to an aromatic ring is 2. The predicted molar refractivity (Wildman–Crippen MR) is 95.3 cm³/mol. The van der Waals surface area contributed by atoms with Crippen molar-refractivity contribution in [2.24, 2.45) is 0 Å². The van der Waals surface area contributed by atoms with Gasteiger partial charge in [0.1, 0.15) is 5.82 Å². The molecular formula is C19H16N4. The molecule has 1 heterocycles. The number of nitrogens with two attached hydrogens (primary N) is 2. The summed E-state index contributed by atoms with van der Waals surface area (Å²) in [5.41, 5.74) is 17.1. The first-order valence-corrected chi connectivity index (χ1v) is 7.42. The Labute approximate surface area is 134 Å². The van der Waals surface area contributed by atoms with Crippen molar-refractivity contribution in [3.05, 3.63) is 72.8 Å². The molecule has 4 nitrogen and oxygen atoms in total. The summed E-state index contributed by atoms with van der Waals surface area (Å²) in [6, 6.07) is 23.7. The van der Waals surface area contributed by atoms with Crippen LogP contribution in [0.5, 0.6) is 0 Å². The van der Waals surface area contributed by atoms with E-state index in [2.05, 4.69) is 16.7 Å². The molecule has 1 aromatic heterocycles. The SMILES string of the molecule is Nc1ccc(-c2nc3cc(N)ccc3n2-c2ccccc2)cc1. The Kier molecular flexibility index (Phi) is 3.01. The number of anilines is 2. The first kappa shape index (κ1) is 13.4. The van der Waals surface area contributed by atoms with E-state index in [9.17, 15) is 0 Å². The van der Waals surface area contributed by atoms with E-state index in [4.69, 9.17) is 16.5 Å². The van der Waals surface area contributed by atoms with Gasteiger partial charge in [0, 0.05) is 22.6 Å². The largest absolute Gasteiger partial charge is 0.399 e. The van der Waals surface area contributed by atoms with Gasteiger partial charge in [-0.05, 0) is 54.6 Å². The van der Waals surface area contributed by atoms with Crippen molar-refractivity contribution in [2.75, 3.05) is 11.5 Å². The lowest BCUT2D eigenvalue weighted by atomic mass is 10.2. The van der Waals surface area contributed by atoms with E-state index in [1.54, 1.807) is 0 Å². The third-order valence-corrected chi connectivity index (χ3v) is 3.86. The molecule has 4 rings (SSSR count). The fourth-order valence-corrected chi connectivity index (χ4v) is 2.76. The highest BCUT2D eigenvalue weighted by atomic mass is 15.1. The molecule has 4 heteroatoms. The number of fused-ring (bicyclic) bond motifs is 1. The monoisotopic (exact) mass is 300 g/mol. The molecule has 112 valence electrons. The van der Waals surface area contributed by atoms with E-state index in [1.165, 1.54) is 0 Å². The van der Waals surface area contributed by atoms with Crippen molar-refractivity contribution in [3.63, 3.8) is 0 Å². The van der Waals surface area contributed by atoms with Crippen molar-refractivity contribution in [1.82, 2.24) is 9.55 Å². The highest BCUT2D eigenvalue weighted by Gasteiger charge is 2.14. The molecular weight excluding hydrogens is 284 g/mol. The molecule has 0 atom stereocenters. The minimum atomic E-state index is 0.707. The summed E-state index contributed by atoms with van der Waals surface area (Å²) in [6.45, 7) is 0. The zero-order valence-corrected chi connectivity index (χ0v) is 12.5. The maximum Gasteiger partial charge on any atom is 0.145 e. The van der Waals surface area contributed by atoms with Crippen LogP contribution in [0.25, 0.3) is 28.1 Å².